The minimum Gasteiger partial charge on any atom is -0.492 e. The van der Waals surface area contributed by atoms with E-state index in [-0.39, 0.29) is 0 Å². The van der Waals surface area contributed by atoms with Crippen molar-refractivity contribution >= 4 is 0 Å². The molecule has 4 rings (SSSR count). The molecule has 0 amide bonds. The van der Waals surface area contributed by atoms with Crippen molar-refractivity contribution in [1.82, 2.24) is 19.7 Å². The van der Waals surface area contributed by atoms with Crippen LogP contribution < -0.4 is 4.74 Å². The van der Waals surface area contributed by atoms with Crippen molar-refractivity contribution in [3.05, 3.63) is 41.5 Å². The Kier molecular flexibility index (Phi) is 4.52. The zero-order valence-electron chi connectivity index (χ0n) is 14.4. The molecule has 1 unspecified atom stereocenters. The zero-order valence-corrected chi connectivity index (χ0v) is 14.4. The molecule has 24 heavy (non-hydrogen) atoms. The number of rotatable bonds is 5. The number of hydrogen-bond acceptors (Lipinski definition) is 4. The zero-order chi connectivity index (χ0) is 16.4. The van der Waals surface area contributed by atoms with Crippen LogP contribution in [0.4, 0.5) is 0 Å². The fourth-order valence-corrected chi connectivity index (χ4v) is 3.94. The van der Waals surface area contributed by atoms with Crippen LogP contribution in [-0.4, -0.2) is 45.9 Å². The van der Waals surface area contributed by atoms with Crippen molar-refractivity contribution in [2.45, 2.75) is 45.1 Å². The van der Waals surface area contributed by atoms with E-state index >= 15 is 0 Å². The predicted molar refractivity (Wildman–Crippen MR) is 93.4 cm³/mol. The van der Waals surface area contributed by atoms with Gasteiger partial charge in [-0.1, -0.05) is 12.1 Å². The Morgan fingerprint density at radius 3 is 3.08 bits per heavy atom. The number of piperidine rings is 1. The molecule has 2 aliphatic heterocycles. The van der Waals surface area contributed by atoms with Gasteiger partial charge in [-0.3, -0.25) is 4.90 Å². The molecular weight excluding hydrogens is 300 g/mol. The van der Waals surface area contributed by atoms with Gasteiger partial charge >= 0.3 is 0 Å². The lowest BCUT2D eigenvalue weighted by molar-refractivity contribution is 0.166. The van der Waals surface area contributed by atoms with E-state index in [1.165, 1.54) is 36.5 Å². The maximum Gasteiger partial charge on any atom is 0.137 e. The number of ether oxygens (including phenoxy) is 1. The molecule has 0 radical (unpaired) electrons. The maximum atomic E-state index is 5.91. The number of nitrogens with zero attached hydrogens (tertiary/aromatic N) is 4. The third-order valence-corrected chi connectivity index (χ3v) is 5.17. The molecule has 1 saturated heterocycles. The van der Waals surface area contributed by atoms with Gasteiger partial charge < -0.3 is 9.30 Å². The fraction of sp³-hybridized carbons (Fsp3) is 0.579. The number of hydrogen-bond donors (Lipinski definition) is 0. The van der Waals surface area contributed by atoms with E-state index in [0.717, 1.165) is 45.0 Å². The van der Waals surface area contributed by atoms with E-state index in [0.29, 0.717) is 5.92 Å². The normalized spacial score (nSPS) is 21.0. The van der Waals surface area contributed by atoms with E-state index in [1.54, 1.807) is 0 Å². The second-order valence-electron chi connectivity index (χ2n) is 7.03. The molecule has 3 heterocycles. The molecule has 5 nitrogen and oxygen atoms in total. The third-order valence-electron chi connectivity index (χ3n) is 5.17. The Bertz CT molecular complexity index is 696. The average Bonchev–Trinajstić information content (AvgIpc) is 3.18. The Hall–Kier alpha value is -1.88. The summed E-state index contributed by atoms with van der Waals surface area (Å²) in [4.78, 5) is 2.51. The highest BCUT2D eigenvalue weighted by atomic mass is 16.5. The van der Waals surface area contributed by atoms with E-state index in [2.05, 4.69) is 38.7 Å². The minimum atomic E-state index is 0.525. The highest BCUT2D eigenvalue weighted by molar-refractivity contribution is 5.27. The lowest BCUT2D eigenvalue weighted by Gasteiger charge is -2.32. The monoisotopic (exact) mass is 326 g/mol. The number of likely N-dealkylation sites (tertiary alicyclic amines) is 1. The van der Waals surface area contributed by atoms with Crippen LogP contribution in [0.3, 0.4) is 0 Å². The van der Waals surface area contributed by atoms with Gasteiger partial charge in [0.1, 0.15) is 24.0 Å². The van der Waals surface area contributed by atoms with Crippen molar-refractivity contribution in [3.63, 3.8) is 0 Å². The average molecular weight is 326 g/mol. The van der Waals surface area contributed by atoms with Gasteiger partial charge in [0.05, 0.1) is 0 Å². The first-order valence-electron chi connectivity index (χ1n) is 9.13. The summed E-state index contributed by atoms with van der Waals surface area (Å²) < 4.78 is 8.27. The topological polar surface area (TPSA) is 43.2 Å². The van der Waals surface area contributed by atoms with Crippen molar-refractivity contribution in [1.29, 1.82) is 0 Å². The van der Waals surface area contributed by atoms with Gasteiger partial charge in [-0.15, -0.1) is 10.2 Å². The molecule has 2 aliphatic rings. The van der Waals surface area contributed by atoms with Crippen LogP contribution in [0.15, 0.2) is 24.3 Å². The van der Waals surface area contributed by atoms with Gasteiger partial charge in [0.25, 0.3) is 0 Å². The molecule has 0 saturated carbocycles. The van der Waals surface area contributed by atoms with Crippen LogP contribution in [-0.2, 0) is 13.0 Å². The van der Waals surface area contributed by atoms with Gasteiger partial charge in [0.2, 0.25) is 0 Å². The van der Waals surface area contributed by atoms with Gasteiger partial charge in [0, 0.05) is 32.0 Å². The SMILES string of the molecule is Cc1cccc(OCCN2CCCC(c3nnc4n3CCC4)C2)c1. The molecule has 0 N–H and O–H groups in total. The molecule has 2 aromatic rings. The smallest absolute Gasteiger partial charge is 0.137 e. The Morgan fingerprint density at radius 2 is 2.17 bits per heavy atom. The number of fused-ring (bicyclic) bond motifs is 1. The van der Waals surface area contributed by atoms with E-state index in [9.17, 15) is 0 Å². The summed E-state index contributed by atoms with van der Waals surface area (Å²) in [7, 11) is 0. The van der Waals surface area contributed by atoms with E-state index < -0.39 is 0 Å². The second-order valence-corrected chi connectivity index (χ2v) is 7.03. The summed E-state index contributed by atoms with van der Waals surface area (Å²) in [6.07, 6.45) is 4.77. The molecule has 1 aromatic heterocycles. The summed E-state index contributed by atoms with van der Waals surface area (Å²) in [5.41, 5.74) is 1.24. The number of benzene rings is 1. The first-order chi connectivity index (χ1) is 11.8. The largest absolute Gasteiger partial charge is 0.492 e. The lowest BCUT2D eigenvalue weighted by Crippen LogP contribution is -2.37. The summed E-state index contributed by atoms with van der Waals surface area (Å²) >= 11 is 0. The molecule has 0 bridgehead atoms. The van der Waals surface area contributed by atoms with Crippen LogP contribution in [0, 0.1) is 6.92 Å². The molecule has 1 atom stereocenters. The molecule has 1 fully saturated rings. The Morgan fingerprint density at radius 1 is 1.21 bits per heavy atom. The van der Waals surface area contributed by atoms with E-state index in [1.807, 2.05) is 12.1 Å². The van der Waals surface area contributed by atoms with Crippen LogP contribution >= 0.6 is 0 Å². The molecule has 0 spiro atoms. The molecule has 128 valence electrons. The molecule has 5 heteroatoms. The van der Waals surface area contributed by atoms with Crippen LogP contribution in [0.5, 0.6) is 5.75 Å². The Balaban J connectivity index is 1.32. The summed E-state index contributed by atoms with van der Waals surface area (Å²) in [5.74, 6) is 3.90. The molecule has 0 aliphatic carbocycles. The third kappa shape index (κ3) is 3.31. The van der Waals surface area contributed by atoms with Crippen LogP contribution in [0.2, 0.25) is 0 Å². The second kappa shape index (κ2) is 6.93. The highest BCUT2D eigenvalue weighted by Gasteiger charge is 2.28. The van der Waals surface area contributed by atoms with Crippen molar-refractivity contribution in [2.24, 2.45) is 0 Å². The van der Waals surface area contributed by atoms with E-state index in [4.69, 9.17) is 4.74 Å². The quantitative estimate of drug-likeness (QED) is 0.847. The first kappa shape index (κ1) is 15.6. The van der Waals surface area contributed by atoms with Crippen LogP contribution in [0.25, 0.3) is 0 Å². The van der Waals surface area contributed by atoms with Crippen molar-refractivity contribution < 1.29 is 4.74 Å². The lowest BCUT2D eigenvalue weighted by atomic mass is 9.97. The molecule has 1 aromatic carbocycles. The predicted octanol–water partition coefficient (Wildman–Crippen LogP) is 2.79. The standard InChI is InChI=1S/C19H26N4O/c1-15-5-2-7-17(13-15)24-12-11-22-9-3-6-16(14-22)19-21-20-18-8-4-10-23(18)19/h2,5,7,13,16H,3-4,6,8-12,14H2,1H3. The van der Waals surface area contributed by atoms with Gasteiger partial charge in [-0.25, -0.2) is 0 Å². The first-order valence-corrected chi connectivity index (χ1v) is 9.13. The maximum absolute atomic E-state index is 5.91. The number of aryl methyl sites for hydroxylation is 2. The number of aromatic nitrogens is 3. The minimum absolute atomic E-state index is 0.525. The summed E-state index contributed by atoms with van der Waals surface area (Å²) in [5, 5.41) is 8.87. The Labute approximate surface area is 143 Å². The van der Waals surface area contributed by atoms with Gasteiger partial charge in [-0.05, 0) is 50.4 Å². The van der Waals surface area contributed by atoms with Crippen LogP contribution in [0.1, 0.15) is 42.4 Å². The highest BCUT2D eigenvalue weighted by Crippen LogP contribution is 2.28. The van der Waals surface area contributed by atoms with Gasteiger partial charge in [0.15, 0.2) is 0 Å². The summed E-state index contributed by atoms with van der Waals surface area (Å²) in [6.45, 7) is 7.16. The summed E-state index contributed by atoms with van der Waals surface area (Å²) in [6, 6.07) is 8.27. The molecular formula is C19H26N4O. The van der Waals surface area contributed by atoms with Crippen molar-refractivity contribution in [2.75, 3.05) is 26.2 Å². The van der Waals surface area contributed by atoms with Crippen molar-refractivity contribution in [3.8, 4) is 5.75 Å². The fourth-order valence-electron chi connectivity index (χ4n) is 3.94. The van der Waals surface area contributed by atoms with Gasteiger partial charge in [-0.2, -0.15) is 0 Å².